The first-order chi connectivity index (χ1) is 24.7. The minimum atomic E-state index is 0.502. The fourth-order valence-electron chi connectivity index (χ4n) is 5.01. The summed E-state index contributed by atoms with van der Waals surface area (Å²) in [5.41, 5.74) is 6.02. The van der Waals surface area contributed by atoms with Gasteiger partial charge in [-0.15, -0.1) is 0 Å². The van der Waals surface area contributed by atoms with Gasteiger partial charge in [-0.25, -0.2) is 20.0 Å². The van der Waals surface area contributed by atoms with Gasteiger partial charge >= 0.3 is 0 Å². The molecule has 0 saturated heterocycles. The number of benzene rings is 4. The van der Waals surface area contributed by atoms with Crippen molar-refractivity contribution in [1.82, 2.24) is 9.97 Å². The second-order valence-corrected chi connectivity index (χ2v) is 13.1. The standard InChI is InChI=1S/C38H40N6O4S2/c1-45-21-23-47-19-17-43(37-41-33-13-3-5-15-35(33)49-37)39-27-29-9-7-11-31(25-29)32-12-8-10-30(26-32)28-40-44(18-20-48-24-22-46-2)38-42-34-14-4-6-16-36(34)50-38/h3-16,25-28H,17-24H2,1-2H3/b39-27+,40-28+. The Morgan fingerprint density at radius 3 is 1.46 bits per heavy atom. The number of aromatic nitrogens is 2. The first-order valence-corrected chi connectivity index (χ1v) is 18.0. The second-order valence-electron chi connectivity index (χ2n) is 11.1. The van der Waals surface area contributed by atoms with Crippen molar-refractivity contribution in [2.45, 2.75) is 0 Å². The number of anilines is 2. The molecule has 0 aliphatic rings. The molecule has 0 aliphatic heterocycles. The van der Waals surface area contributed by atoms with E-state index in [-0.39, 0.29) is 0 Å². The number of ether oxygens (including phenoxy) is 4. The Balaban J connectivity index is 1.18. The Morgan fingerprint density at radius 2 is 1.02 bits per heavy atom. The van der Waals surface area contributed by atoms with Crippen LogP contribution in [0.5, 0.6) is 0 Å². The van der Waals surface area contributed by atoms with Gasteiger partial charge in [-0.05, 0) is 58.7 Å². The summed E-state index contributed by atoms with van der Waals surface area (Å²) in [6.07, 6.45) is 3.75. The number of hydrazone groups is 2. The predicted molar refractivity (Wildman–Crippen MR) is 206 cm³/mol. The molecule has 0 unspecified atom stereocenters. The van der Waals surface area contributed by atoms with E-state index in [1.807, 2.05) is 71.0 Å². The van der Waals surface area contributed by atoms with Crippen molar-refractivity contribution in [3.05, 3.63) is 108 Å². The lowest BCUT2D eigenvalue weighted by Gasteiger charge is -2.16. The number of hydrogen-bond donors (Lipinski definition) is 0. The van der Waals surface area contributed by atoms with Crippen LogP contribution in [0.15, 0.2) is 107 Å². The highest BCUT2D eigenvalue weighted by molar-refractivity contribution is 7.22. The highest BCUT2D eigenvalue weighted by atomic mass is 32.1. The van der Waals surface area contributed by atoms with Crippen molar-refractivity contribution in [3.8, 4) is 11.1 Å². The van der Waals surface area contributed by atoms with Crippen molar-refractivity contribution >= 4 is 65.8 Å². The molecular weight excluding hydrogens is 669 g/mol. The Bertz CT molecular complexity index is 1800. The van der Waals surface area contributed by atoms with Crippen molar-refractivity contribution in [3.63, 3.8) is 0 Å². The molecule has 6 rings (SSSR count). The Morgan fingerprint density at radius 1 is 0.560 bits per heavy atom. The molecule has 2 aromatic heterocycles. The van der Waals surface area contributed by atoms with Crippen LogP contribution in [0.25, 0.3) is 31.6 Å². The van der Waals surface area contributed by atoms with Gasteiger partial charge in [-0.3, -0.25) is 0 Å². The molecule has 0 radical (unpaired) electrons. The van der Waals surface area contributed by atoms with Crippen LogP contribution < -0.4 is 10.0 Å². The lowest BCUT2D eigenvalue weighted by molar-refractivity contribution is 0.0741. The molecule has 0 N–H and O–H groups in total. The smallest absolute Gasteiger partial charge is 0.207 e. The predicted octanol–water partition coefficient (Wildman–Crippen LogP) is 7.58. The average molecular weight is 709 g/mol. The van der Waals surface area contributed by atoms with Crippen LogP contribution in [-0.4, -0.2) is 89.3 Å². The molecule has 0 bridgehead atoms. The van der Waals surface area contributed by atoms with Gasteiger partial charge in [0.15, 0.2) is 0 Å². The first-order valence-electron chi connectivity index (χ1n) is 16.4. The Kier molecular flexibility index (Phi) is 13.0. The summed E-state index contributed by atoms with van der Waals surface area (Å²) in [5, 5.41) is 15.2. The van der Waals surface area contributed by atoms with Gasteiger partial charge in [0.05, 0.1) is 85.6 Å². The molecule has 0 atom stereocenters. The average Bonchev–Trinajstić information content (AvgIpc) is 3.79. The first kappa shape index (κ1) is 35.3. The van der Waals surface area contributed by atoms with E-state index in [4.69, 9.17) is 39.1 Å². The Hall–Kier alpha value is -4.56. The number of thiazole rings is 2. The van der Waals surface area contributed by atoms with Crippen LogP contribution in [0, 0.1) is 0 Å². The van der Waals surface area contributed by atoms with Crippen molar-refractivity contribution in [1.29, 1.82) is 0 Å². The second kappa shape index (κ2) is 18.4. The summed E-state index contributed by atoms with van der Waals surface area (Å²) in [6.45, 7) is 4.30. The van der Waals surface area contributed by atoms with Crippen LogP contribution in [-0.2, 0) is 18.9 Å². The maximum atomic E-state index is 5.76. The highest BCUT2D eigenvalue weighted by Crippen LogP contribution is 2.30. The number of hydrogen-bond acceptors (Lipinski definition) is 12. The molecule has 0 fully saturated rings. The minimum absolute atomic E-state index is 0.502. The lowest BCUT2D eigenvalue weighted by atomic mass is 10.0. The molecule has 12 heteroatoms. The topological polar surface area (TPSA) is 93.9 Å². The van der Waals surface area contributed by atoms with E-state index in [9.17, 15) is 0 Å². The number of methoxy groups -OCH3 is 2. The zero-order chi connectivity index (χ0) is 34.4. The van der Waals surface area contributed by atoms with E-state index in [0.717, 1.165) is 53.0 Å². The summed E-state index contributed by atoms with van der Waals surface area (Å²) in [7, 11) is 3.34. The summed E-state index contributed by atoms with van der Waals surface area (Å²) in [4.78, 5) is 9.65. The monoisotopic (exact) mass is 708 g/mol. The quantitative estimate of drug-likeness (QED) is 0.0483. The summed E-state index contributed by atoms with van der Waals surface area (Å²) in [5.74, 6) is 0. The van der Waals surface area contributed by atoms with Crippen LogP contribution in [0.1, 0.15) is 11.1 Å². The third kappa shape index (κ3) is 9.78. The zero-order valence-electron chi connectivity index (χ0n) is 28.2. The third-order valence-electron chi connectivity index (χ3n) is 7.56. The normalized spacial score (nSPS) is 11.8. The van der Waals surface area contributed by atoms with Gasteiger partial charge in [0.2, 0.25) is 10.3 Å². The molecule has 258 valence electrons. The lowest BCUT2D eigenvalue weighted by Crippen LogP contribution is -2.22. The molecule has 0 spiro atoms. The van der Waals surface area contributed by atoms with Gasteiger partial charge < -0.3 is 18.9 Å². The van der Waals surface area contributed by atoms with E-state index in [0.29, 0.717) is 52.7 Å². The highest BCUT2D eigenvalue weighted by Gasteiger charge is 2.13. The number of fused-ring (bicyclic) bond motifs is 2. The summed E-state index contributed by atoms with van der Waals surface area (Å²) >= 11 is 3.23. The Labute approximate surface area is 300 Å². The maximum Gasteiger partial charge on any atom is 0.207 e. The molecule has 2 heterocycles. The summed E-state index contributed by atoms with van der Waals surface area (Å²) in [6, 6.07) is 32.9. The fourth-order valence-corrected chi connectivity index (χ4v) is 6.91. The van der Waals surface area contributed by atoms with Crippen molar-refractivity contribution in [2.75, 3.05) is 77.0 Å². The van der Waals surface area contributed by atoms with Gasteiger partial charge in [-0.2, -0.15) is 10.2 Å². The molecule has 4 aromatic carbocycles. The number of nitrogens with zero attached hydrogens (tertiary/aromatic N) is 6. The maximum absolute atomic E-state index is 5.76. The molecule has 0 aliphatic carbocycles. The minimum Gasteiger partial charge on any atom is -0.382 e. The van der Waals surface area contributed by atoms with Gasteiger partial charge in [0, 0.05) is 14.2 Å². The van der Waals surface area contributed by atoms with E-state index in [1.165, 1.54) is 0 Å². The van der Waals surface area contributed by atoms with Crippen molar-refractivity contribution < 1.29 is 18.9 Å². The molecule has 10 nitrogen and oxygen atoms in total. The number of rotatable bonds is 19. The molecule has 0 amide bonds. The van der Waals surface area contributed by atoms with Crippen LogP contribution in [0.3, 0.4) is 0 Å². The van der Waals surface area contributed by atoms with Gasteiger partial charge in [0.25, 0.3) is 0 Å². The van der Waals surface area contributed by atoms with Crippen molar-refractivity contribution in [2.24, 2.45) is 10.2 Å². The van der Waals surface area contributed by atoms with Crippen LogP contribution in [0.2, 0.25) is 0 Å². The van der Waals surface area contributed by atoms with E-state index >= 15 is 0 Å². The van der Waals surface area contributed by atoms with Crippen LogP contribution in [0.4, 0.5) is 10.3 Å². The fraction of sp³-hybridized carbons (Fsp3) is 0.263. The largest absolute Gasteiger partial charge is 0.382 e. The molecule has 6 aromatic rings. The SMILES string of the molecule is COCCOCCN(/N=C/c1cccc(-c2cccc(/C=N/N(CCOCCOC)c3nc4ccccc4s3)c2)c1)c1nc2ccccc2s1. The zero-order valence-corrected chi connectivity index (χ0v) is 29.8. The van der Waals surface area contributed by atoms with E-state index in [2.05, 4.69) is 48.5 Å². The number of para-hydroxylation sites is 2. The summed E-state index contributed by atoms with van der Waals surface area (Å²) < 4.78 is 24.0. The van der Waals surface area contributed by atoms with Gasteiger partial charge in [0.1, 0.15) is 0 Å². The van der Waals surface area contributed by atoms with Crippen LogP contribution >= 0.6 is 22.7 Å². The van der Waals surface area contributed by atoms with E-state index in [1.54, 1.807) is 36.9 Å². The molecular formula is C38H40N6O4S2. The third-order valence-corrected chi connectivity index (χ3v) is 9.66. The van der Waals surface area contributed by atoms with Gasteiger partial charge in [-0.1, -0.05) is 83.3 Å². The molecule has 0 saturated carbocycles. The molecule has 50 heavy (non-hydrogen) atoms. The van der Waals surface area contributed by atoms with E-state index < -0.39 is 0 Å².